The van der Waals surface area contributed by atoms with Gasteiger partial charge in [-0.25, -0.2) is 0 Å². The molecule has 1 aromatic heterocycles. The van der Waals surface area contributed by atoms with Gasteiger partial charge < -0.3 is 14.2 Å². The fraction of sp³-hybridized carbons (Fsp3) is 0.167. The van der Waals surface area contributed by atoms with Crippen molar-refractivity contribution in [2.75, 3.05) is 19.5 Å². The number of thioether (sulfide) groups is 1. The van der Waals surface area contributed by atoms with Gasteiger partial charge in [-0.3, -0.25) is 4.57 Å². The van der Waals surface area contributed by atoms with Crippen LogP contribution in [0.25, 0.3) is 5.69 Å². The molecule has 0 saturated carbocycles. The Hall–Kier alpha value is -3.16. The van der Waals surface area contributed by atoms with E-state index in [0.29, 0.717) is 23.2 Å². The average Bonchev–Trinajstić information content (AvgIpc) is 3.25. The van der Waals surface area contributed by atoms with E-state index in [4.69, 9.17) is 25.8 Å². The fourth-order valence-electron chi connectivity index (χ4n) is 2.97. The van der Waals surface area contributed by atoms with Crippen LogP contribution in [0.1, 0.15) is 5.82 Å². The van der Waals surface area contributed by atoms with Gasteiger partial charge in [-0.2, -0.15) is 0 Å². The van der Waals surface area contributed by atoms with E-state index < -0.39 is 0 Å². The molecule has 0 bridgehead atoms. The maximum absolute atomic E-state index is 5.94. The third-order valence-electron chi connectivity index (χ3n) is 4.54. The van der Waals surface area contributed by atoms with E-state index in [2.05, 4.69) is 10.2 Å². The molecule has 6 nitrogen and oxygen atoms in total. The van der Waals surface area contributed by atoms with Gasteiger partial charge in [0.25, 0.3) is 0 Å². The zero-order valence-corrected chi connectivity index (χ0v) is 19.1. The molecule has 0 amide bonds. The molecule has 0 aliphatic carbocycles. The summed E-state index contributed by atoms with van der Waals surface area (Å²) >= 11 is 7.49. The SMILES string of the molecule is COc1ccc(OCc2nnc(SCCOc3ccc(Cl)cc3)n2-c2ccccc2)cc1. The maximum Gasteiger partial charge on any atom is 0.196 e. The van der Waals surface area contributed by atoms with Crippen LogP contribution in [0.4, 0.5) is 0 Å². The first kappa shape index (κ1) is 22.0. The number of ether oxygens (including phenoxy) is 3. The second-order valence-corrected chi connectivity index (χ2v) is 8.18. The molecule has 0 saturated heterocycles. The Morgan fingerprint density at radius 1 is 0.812 bits per heavy atom. The van der Waals surface area contributed by atoms with Crippen molar-refractivity contribution in [3.63, 3.8) is 0 Å². The van der Waals surface area contributed by atoms with Crippen LogP contribution in [0.2, 0.25) is 5.02 Å². The summed E-state index contributed by atoms with van der Waals surface area (Å²) in [6.45, 7) is 0.821. The van der Waals surface area contributed by atoms with Crippen molar-refractivity contribution < 1.29 is 14.2 Å². The number of para-hydroxylation sites is 1. The third-order valence-corrected chi connectivity index (χ3v) is 5.68. The van der Waals surface area contributed by atoms with E-state index in [1.54, 1.807) is 18.9 Å². The highest BCUT2D eigenvalue weighted by atomic mass is 35.5. The summed E-state index contributed by atoms with van der Waals surface area (Å²) in [6.07, 6.45) is 0. The van der Waals surface area contributed by atoms with Gasteiger partial charge in [0.15, 0.2) is 11.0 Å². The minimum Gasteiger partial charge on any atom is -0.497 e. The maximum atomic E-state index is 5.94. The van der Waals surface area contributed by atoms with Crippen LogP contribution in [0, 0.1) is 0 Å². The Labute approximate surface area is 196 Å². The summed E-state index contributed by atoms with van der Waals surface area (Å²) in [7, 11) is 1.64. The lowest BCUT2D eigenvalue weighted by Crippen LogP contribution is -2.07. The zero-order valence-electron chi connectivity index (χ0n) is 17.5. The summed E-state index contributed by atoms with van der Waals surface area (Å²) in [5.41, 5.74) is 0.979. The van der Waals surface area contributed by atoms with Crippen LogP contribution in [-0.4, -0.2) is 34.2 Å². The van der Waals surface area contributed by atoms with Crippen molar-refractivity contribution in [3.8, 4) is 22.9 Å². The van der Waals surface area contributed by atoms with Crippen molar-refractivity contribution in [1.82, 2.24) is 14.8 Å². The first-order valence-electron chi connectivity index (χ1n) is 10.0. The monoisotopic (exact) mass is 467 g/mol. The molecule has 1 heterocycles. The minimum absolute atomic E-state index is 0.288. The largest absolute Gasteiger partial charge is 0.497 e. The quantitative estimate of drug-likeness (QED) is 0.221. The number of nitrogens with zero attached hydrogens (tertiary/aromatic N) is 3. The number of rotatable bonds is 10. The van der Waals surface area contributed by atoms with Gasteiger partial charge in [-0.15, -0.1) is 10.2 Å². The molecule has 0 unspecified atom stereocenters. The second kappa shape index (κ2) is 10.9. The molecular weight excluding hydrogens is 446 g/mol. The summed E-state index contributed by atoms with van der Waals surface area (Å²) in [4.78, 5) is 0. The molecule has 0 radical (unpaired) electrons. The summed E-state index contributed by atoms with van der Waals surface area (Å²) in [6, 6.07) is 24.8. The molecule has 0 aliphatic heterocycles. The molecule has 8 heteroatoms. The van der Waals surface area contributed by atoms with Crippen LogP contribution in [0.15, 0.2) is 84.0 Å². The number of halogens is 1. The Bertz CT molecular complexity index is 1120. The third kappa shape index (κ3) is 5.75. The average molecular weight is 468 g/mol. The van der Waals surface area contributed by atoms with E-state index in [-0.39, 0.29) is 6.61 Å². The topological polar surface area (TPSA) is 58.4 Å². The number of hydrogen-bond acceptors (Lipinski definition) is 6. The number of hydrogen-bond donors (Lipinski definition) is 0. The lowest BCUT2D eigenvalue weighted by atomic mass is 10.3. The number of methoxy groups -OCH3 is 1. The van der Waals surface area contributed by atoms with Crippen LogP contribution in [-0.2, 0) is 6.61 Å². The number of benzene rings is 3. The first-order valence-corrected chi connectivity index (χ1v) is 11.4. The normalized spacial score (nSPS) is 10.7. The van der Waals surface area contributed by atoms with E-state index in [1.807, 2.05) is 83.4 Å². The van der Waals surface area contributed by atoms with Crippen molar-refractivity contribution >= 4 is 23.4 Å². The van der Waals surface area contributed by atoms with Gasteiger partial charge in [-0.05, 0) is 60.7 Å². The highest BCUT2D eigenvalue weighted by Crippen LogP contribution is 2.24. The Balaban J connectivity index is 1.43. The van der Waals surface area contributed by atoms with Crippen molar-refractivity contribution in [2.45, 2.75) is 11.8 Å². The predicted molar refractivity (Wildman–Crippen MR) is 126 cm³/mol. The van der Waals surface area contributed by atoms with Crippen molar-refractivity contribution in [2.24, 2.45) is 0 Å². The van der Waals surface area contributed by atoms with E-state index in [9.17, 15) is 0 Å². The lowest BCUT2D eigenvalue weighted by molar-refractivity contribution is 0.292. The Morgan fingerprint density at radius 2 is 1.47 bits per heavy atom. The highest BCUT2D eigenvalue weighted by Gasteiger charge is 2.15. The van der Waals surface area contributed by atoms with Crippen LogP contribution in [0.3, 0.4) is 0 Å². The molecule has 0 atom stereocenters. The standard InChI is InChI=1S/C24H22ClN3O3S/c1-29-20-11-13-22(14-12-20)31-17-23-26-27-24(28(23)19-5-3-2-4-6-19)32-16-15-30-21-9-7-18(25)8-10-21/h2-14H,15-17H2,1H3. The van der Waals surface area contributed by atoms with E-state index >= 15 is 0 Å². The minimum atomic E-state index is 0.288. The molecule has 32 heavy (non-hydrogen) atoms. The molecule has 3 aromatic carbocycles. The summed E-state index contributed by atoms with van der Waals surface area (Å²) in [5, 5.41) is 10.2. The molecule has 0 aliphatic rings. The summed E-state index contributed by atoms with van der Waals surface area (Å²) < 4.78 is 18.9. The smallest absolute Gasteiger partial charge is 0.196 e. The molecule has 0 spiro atoms. The van der Waals surface area contributed by atoms with Crippen LogP contribution in [0.5, 0.6) is 17.2 Å². The van der Waals surface area contributed by atoms with Gasteiger partial charge >= 0.3 is 0 Å². The van der Waals surface area contributed by atoms with Gasteiger partial charge in [0.1, 0.15) is 23.9 Å². The van der Waals surface area contributed by atoms with Crippen LogP contribution >= 0.6 is 23.4 Å². The van der Waals surface area contributed by atoms with Gasteiger partial charge in [0.05, 0.1) is 13.7 Å². The van der Waals surface area contributed by atoms with Gasteiger partial charge in [0.2, 0.25) is 0 Å². The second-order valence-electron chi connectivity index (χ2n) is 6.68. The molecule has 4 aromatic rings. The van der Waals surface area contributed by atoms with E-state index in [1.165, 1.54) is 0 Å². The molecule has 0 N–H and O–H groups in total. The molecular formula is C24H22ClN3O3S. The zero-order chi connectivity index (χ0) is 22.2. The fourth-order valence-corrected chi connectivity index (χ4v) is 3.88. The van der Waals surface area contributed by atoms with Gasteiger partial charge in [-0.1, -0.05) is 41.6 Å². The Kier molecular flexibility index (Phi) is 7.53. The first-order chi connectivity index (χ1) is 15.7. The van der Waals surface area contributed by atoms with Crippen LogP contribution < -0.4 is 14.2 Å². The molecule has 0 fully saturated rings. The number of aromatic nitrogens is 3. The van der Waals surface area contributed by atoms with Crippen molar-refractivity contribution in [3.05, 3.63) is 89.7 Å². The van der Waals surface area contributed by atoms with Gasteiger partial charge in [0, 0.05) is 16.5 Å². The molecule has 4 rings (SSSR count). The molecule has 164 valence electrons. The Morgan fingerprint density at radius 3 is 2.19 bits per heavy atom. The van der Waals surface area contributed by atoms with E-state index in [0.717, 1.165) is 28.1 Å². The highest BCUT2D eigenvalue weighted by molar-refractivity contribution is 7.99. The predicted octanol–water partition coefficient (Wildman–Crippen LogP) is 5.68. The summed E-state index contributed by atoms with van der Waals surface area (Å²) in [5.74, 6) is 3.73. The van der Waals surface area contributed by atoms with Crippen molar-refractivity contribution in [1.29, 1.82) is 0 Å². The lowest BCUT2D eigenvalue weighted by Gasteiger charge is -2.11.